The van der Waals surface area contributed by atoms with Crippen LogP contribution >= 0.6 is 0 Å². The quantitative estimate of drug-likeness (QED) is 0.127. The van der Waals surface area contributed by atoms with E-state index in [1.54, 1.807) is 0 Å². The van der Waals surface area contributed by atoms with Crippen molar-refractivity contribution in [2.24, 2.45) is 0 Å². The molecule has 2 atom stereocenters. The topological polar surface area (TPSA) is 4.93 Å². The fourth-order valence-electron chi connectivity index (χ4n) is 15.6. The lowest BCUT2D eigenvalue weighted by atomic mass is 9.70. The second-order valence-electron chi connectivity index (χ2n) is 24.3. The Hall–Kier alpha value is -10.6. The van der Waals surface area contributed by atoms with Gasteiger partial charge in [0, 0.05) is 33.4 Å². The molecule has 0 aliphatic heterocycles. The van der Waals surface area contributed by atoms with Gasteiger partial charge in [-0.2, -0.15) is 0 Å². The maximum Gasteiger partial charge on any atom is 0.0725 e. The van der Waals surface area contributed by atoms with Gasteiger partial charge in [-0.15, -0.1) is 0 Å². The second-order valence-corrected chi connectivity index (χ2v) is 24.3. The van der Waals surface area contributed by atoms with Crippen LogP contribution in [0.15, 0.2) is 304 Å². The first-order chi connectivity index (χ1) is 42.4. The van der Waals surface area contributed by atoms with Crippen molar-refractivity contribution in [2.75, 3.05) is 0 Å². The van der Waals surface area contributed by atoms with Gasteiger partial charge in [-0.1, -0.05) is 287 Å². The largest absolute Gasteiger partial charge is 0.309 e. The molecule has 1 heteroatoms. The van der Waals surface area contributed by atoms with Crippen LogP contribution in [0.4, 0.5) is 0 Å². The highest BCUT2D eigenvalue weighted by Crippen LogP contribution is 2.64. The number of benzene rings is 13. The van der Waals surface area contributed by atoms with Crippen LogP contribution in [0.5, 0.6) is 0 Å². The Morgan fingerprint density at radius 2 is 0.767 bits per heavy atom. The van der Waals surface area contributed by atoms with Gasteiger partial charge in [0.1, 0.15) is 0 Å². The number of aromatic nitrogens is 1. The van der Waals surface area contributed by atoms with Crippen molar-refractivity contribution in [3.63, 3.8) is 0 Å². The van der Waals surface area contributed by atoms with Crippen molar-refractivity contribution in [1.82, 2.24) is 4.57 Å². The highest BCUT2D eigenvalue weighted by atomic mass is 15.0. The molecule has 2 unspecified atom stereocenters. The second kappa shape index (κ2) is 19.2. The van der Waals surface area contributed by atoms with Crippen LogP contribution in [0.1, 0.15) is 75.4 Å². The van der Waals surface area contributed by atoms with Crippen molar-refractivity contribution in [3.05, 3.63) is 359 Å². The zero-order valence-corrected chi connectivity index (χ0v) is 48.1. The van der Waals surface area contributed by atoms with E-state index in [1.807, 2.05) is 6.08 Å². The van der Waals surface area contributed by atoms with Gasteiger partial charge in [0.15, 0.2) is 0 Å². The Morgan fingerprint density at radius 3 is 1.41 bits per heavy atom. The molecular formula is C85H59N. The Labute approximate surface area is 503 Å². The van der Waals surface area contributed by atoms with Crippen LogP contribution in [-0.2, 0) is 10.8 Å². The molecule has 0 saturated carbocycles. The summed E-state index contributed by atoms with van der Waals surface area (Å²) >= 11 is 0. The third-order valence-electron chi connectivity index (χ3n) is 19.6. The molecule has 1 spiro atoms. The van der Waals surface area contributed by atoms with E-state index in [9.17, 15) is 0 Å². The molecule has 1 aromatic heterocycles. The van der Waals surface area contributed by atoms with Crippen LogP contribution in [0, 0.1) is 0 Å². The molecule has 1 heterocycles. The number of rotatable bonds is 9. The molecule has 1 nitrogen and oxygen atoms in total. The zero-order valence-electron chi connectivity index (χ0n) is 48.1. The van der Waals surface area contributed by atoms with Crippen LogP contribution in [-0.4, -0.2) is 4.57 Å². The summed E-state index contributed by atoms with van der Waals surface area (Å²) in [5, 5.41) is 2.45. The summed E-state index contributed by atoms with van der Waals surface area (Å²) in [5.41, 5.74) is 33.4. The first-order valence-electron chi connectivity index (χ1n) is 30.2. The average Bonchev–Trinajstić information content (AvgIpc) is 1.55. The van der Waals surface area contributed by atoms with Gasteiger partial charge in [0.2, 0.25) is 0 Å². The lowest BCUT2D eigenvalue weighted by Gasteiger charge is -2.31. The molecule has 3 aliphatic carbocycles. The van der Waals surface area contributed by atoms with E-state index in [0.717, 1.165) is 11.3 Å². The van der Waals surface area contributed by atoms with Gasteiger partial charge in [0.05, 0.1) is 16.4 Å². The third kappa shape index (κ3) is 7.31. The summed E-state index contributed by atoms with van der Waals surface area (Å²) in [4.78, 5) is 0. The Balaban J connectivity index is 0.803. The van der Waals surface area contributed by atoms with Crippen molar-refractivity contribution in [1.29, 1.82) is 0 Å². The number of para-hydroxylation sites is 2. The Kier molecular flexibility index (Phi) is 11.2. The first-order valence-corrected chi connectivity index (χ1v) is 30.2. The van der Waals surface area contributed by atoms with Gasteiger partial charge in [0.25, 0.3) is 0 Å². The molecule has 86 heavy (non-hydrogen) atoms. The lowest BCUT2D eigenvalue weighted by Crippen LogP contribution is -2.26. The van der Waals surface area contributed by atoms with Crippen LogP contribution in [0.25, 0.3) is 111 Å². The predicted octanol–water partition coefficient (Wildman–Crippen LogP) is 21.9. The van der Waals surface area contributed by atoms with E-state index < -0.39 is 5.41 Å². The number of nitrogens with zero attached hydrogens (tertiary/aromatic N) is 1. The number of hydrogen-bond acceptors (Lipinski definition) is 0. The molecular weight excluding hydrogens is 1030 g/mol. The van der Waals surface area contributed by atoms with Gasteiger partial charge in [-0.05, 0) is 164 Å². The standard InChI is InChI=1S/C85H59N/c1-4-54-20-11-12-25-65(54)61-42-46-71-68-27-14-17-32-76(68)85(79(71)51-61)77-33-18-15-28-69(77)72-47-43-62(52-80(72)85)66-29-19-30-73-74-50-60(45-49-81(74)86(83(66)73)64-23-9-6-10-24-64)57-36-40-59(41-37-57)82(58-38-34-56(35-39-58)55-21-7-5-8-22-55)63-44-48-70-67-26-13-16-31-75(67)84(2,3)78(70)53-63/h4-53,82H,1H2,2-3H3. The summed E-state index contributed by atoms with van der Waals surface area (Å²) in [6.07, 6.45) is 1.98. The molecule has 0 N–H and O–H groups in total. The van der Waals surface area contributed by atoms with Crippen molar-refractivity contribution >= 4 is 27.9 Å². The summed E-state index contributed by atoms with van der Waals surface area (Å²) in [7, 11) is 0. The molecule has 404 valence electrons. The van der Waals surface area contributed by atoms with E-state index in [0.29, 0.717) is 0 Å². The van der Waals surface area contributed by atoms with E-state index in [1.165, 1.54) is 150 Å². The fraction of sp³-hybridized carbons (Fsp3) is 0.0588. The highest BCUT2D eigenvalue weighted by Gasteiger charge is 2.52. The van der Waals surface area contributed by atoms with Gasteiger partial charge < -0.3 is 4.57 Å². The van der Waals surface area contributed by atoms with Crippen molar-refractivity contribution in [3.8, 4) is 83.6 Å². The molecule has 0 bridgehead atoms. The summed E-state index contributed by atoms with van der Waals surface area (Å²) in [6.45, 7) is 8.98. The van der Waals surface area contributed by atoms with Crippen LogP contribution in [0.2, 0.25) is 0 Å². The third-order valence-corrected chi connectivity index (χ3v) is 19.6. The number of fused-ring (bicyclic) bond motifs is 16. The van der Waals surface area contributed by atoms with Gasteiger partial charge in [-0.25, -0.2) is 0 Å². The van der Waals surface area contributed by atoms with Crippen molar-refractivity contribution in [2.45, 2.75) is 30.6 Å². The molecule has 0 amide bonds. The van der Waals surface area contributed by atoms with E-state index in [2.05, 4.69) is 322 Å². The maximum absolute atomic E-state index is 4.22. The minimum absolute atomic E-state index is 0.0298. The summed E-state index contributed by atoms with van der Waals surface area (Å²) in [5.74, 6) is 0.0298. The Bertz CT molecular complexity index is 5060. The highest BCUT2D eigenvalue weighted by molar-refractivity contribution is 6.15. The Morgan fingerprint density at radius 1 is 0.314 bits per heavy atom. The molecule has 17 rings (SSSR count). The molecule has 13 aromatic carbocycles. The minimum atomic E-state index is -0.533. The maximum atomic E-state index is 4.22. The van der Waals surface area contributed by atoms with E-state index in [-0.39, 0.29) is 11.3 Å². The monoisotopic (exact) mass is 1090 g/mol. The smallest absolute Gasteiger partial charge is 0.0725 e. The minimum Gasteiger partial charge on any atom is -0.309 e. The zero-order chi connectivity index (χ0) is 57.3. The molecule has 0 fully saturated rings. The number of hydrogen-bond donors (Lipinski definition) is 0. The normalized spacial score (nSPS) is 15.0. The van der Waals surface area contributed by atoms with Crippen LogP contribution < -0.4 is 0 Å². The first kappa shape index (κ1) is 50.0. The van der Waals surface area contributed by atoms with Gasteiger partial charge >= 0.3 is 0 Å². The van der Waals surface area contributed by atoms with E-state index >= 15 is 0 Å². The van der Waals surface area contributed by atoms with Gasteiger partial charge in [-0.3, -0.25) is 0 Å². The van der Waals surface area contributed by atoms with Crippen molar-refractivity contribution < 1.29 is 0 Å². The SMILES string of the molecule is C=Cc1ccccc1-c1ccc2c(c1)C1(c3ccccc3-2)c2ccccc2-c2ccc(-c3cccc4c5cc(-c6ccc(C(c7ccc(-c8ccccc8)cc7)c7ccc8c(c7)C(C)(C)c7ccccc7-8)cc6)ccc5n(-c5ccccc5)c34)cc21. The summed E-state index contributed by atoms with van der Waals surface area (Å²) < 4.78 is 2.50. The average molecular weight is 1090 g/mol. The molecule has 0 saturated heterocycles. The van der Waals surface area contributed by atoms with E-state index in [4.69, 9.17) is 0 Å². The summed E-state index contributed by atoms with van der Waals surface area (Å²) in [6, 6.07) is 112. The molecule has 0 radical (unpaired) electrons. The lowest BCUT2D eigenvalue weighted by molar-refractivity contribution is 0.659. The fourth-order valence-corrected chi connectivity index (χ4v) is 15.6. The molecule has 3 aliphatic rings. The molecule has 14 aromatic rings. The van der Waals surface area contributed by atoms with Crippen LogP contribution in [0.3, 0.4) is 0 Å². The predicted molar refractivity (Wildman–Crippen MR) is 360 cm³/mol.